The molecule has 3 aromatic rings. The van der Waals surface area contributed by atoms with Gasteiger partial charge < -0.3 is 31.8 Å². The number of nitrogens with two attached hydrogens (primary N) is 4. The van der Waals surface area contributed by atoms with Crippen molar-refractivity contribution >= 4 is 44.9 Å². The molecule has 8 N–H and O–H groups in total. The molecule has 7 nitrogen and oxygen atoms in total. The Balaban J connectivity index is 2.64. The zero-order valence-electron chi connectivity index (χ0n) is 9.19. The van der Waals surface area contributed by atoms with E-state index >= 15 is 0 Å². The molecule has 2 aromatic heterocycles. The minimum absolute atomic E-state index is 0.0629. The summed E-state index contributed by atoms with van der Waals surface area (Å²) in [6.45, 7) is 0. The zero-order valence-corrected chi connectivity index (χ0v) is 9.19. The van der Waals surface area contributed by atoms with Crippen molar-refractivity contribution in [3.05, 3.63) is 22.6 Å². The summed E-state index contributed by atoms with van der Waals surface area (Å²) in [6, 6.07) is 2.81. The van der Waals surface area contributed by atoms with Gasteiger partial charge in [-0.15, -0.1) is 0 Å². The SMILES string of the molecule is Nc1oc2c(N)c3oc(=O)cc(N)c3cc2c1N. The number of anilines is 4. The van der Waals surface area contributed by atoms with E-state index in [0.29, 0.717) is 10.8 Å². The second-order valence-electron chi connectivity index (χ2n) is 3.94. The first-order chi connectivity index (χ1) is 8.49. The van der Waals surface area contributed by atoms with Crippen LogP contribution in [0.2, 0.25) is 0 Å². The Bertz CT molecular complexity index is 847. The molecule has 0 saturated carbocycles. The Morgan fingerprint density at radius 2 is 1.50 bits per heavy atom. The van der Waals surface area contributed by atoms with E-state index in [2.05, 4.69) is 0 Å². The molecule has 0 radical (unpaired) electrons. The maximum Gasteiger partial charge on any atom is 0.338 e. The number of rotatable bonds is 0. The van der Waals surface area contributed by atoms with Gasteiger partial charge in [0.25, 0.3) is 0 Å². The van der Waals surface area contributed by atoms with Crippen molar-refractivity contribution in [3.63, 3.8) is 0 Å². The summed E-state index contributed by atoms with van der Waals surface area (Å²) in [5.74, 6) is 0.0629. The molecule has 3 rings (SSSR count). The van der Waals surface area contributed by atoms with Gasteiger partial charge in [-0.1, -0.05) is 0 Å². The monoisotopic (exact) mass is 246 g/mol. The minimum Gasteiger partial charge on any atom is -0.436 e. The van der Waals surface area contributed by atoms with E-state index in [1.807, 2.05) is 0 Å². The summed E-state index contributed by atoms with van der Waals surface area (Å²) in [7, 11) is 0. The van der Waals surface area contributed by atoms with E-state index in [4.69, 9.17) is 31.8 Å². The van der Waals surface area contributed by atoms with Gasteiger partial charge in [-0.2, -0.15) is 0 Å². The first-order valence-corrected chi connectivity index (χ1v) is 5.08. The number of hydrogen-bond acceptors (Lipinski definition) is 7. The molecule has 0 bridgehead atoms. The van der Waals surface area contributed by atoms with Crippen LogP contribution in [0, 0.1) is 0 Å². The predicted molar refractivity (Wildman–Crippen MR) is 69.9 cm³/mol. The number of hydrogen-bond donors (Lipinski definition) is 4. The van der Waals surface area contributed by atoms with E-state index in [0.717, 1.165) is 0 Å². The van der Waals surface area contributed by atoms with E-state index in [1.54, 1.807) is 6.07 Å². The van der Waals surface area contributed by atoms with Gasteiger partial charge in [0.1, 0.15) is 11.4 Å². The number of benzene rings is 1. The van der Waals surface area contributed by atoms with Gasteiger partial charge in [0.2, 0.25) is 5.88 Å². The van der Waals surface area contributed by atoms with E-state index in [9.17, 15) is 4.79 Å². The predicted octanol–water partition coefficient (Wildman–Crippen LogP) is 0.868. The van der Waals surface area contributed by atoms with Crippen LogP contribution in [0.1, 0.15) is 0 Å². The highest BCUT2D eigenvalue weighted by Gasteiger charge is 2.17. The summed E-state index contributed by atoms with van der Waals surface area (Å²) < 4.78 is 10.3. The maximum absolute atomic E-state index is 11.3. The van der Waals surface area contributed by atoms with Crippen molar-refractivity contribution in [1.82, 2.24) is 0 Å². The first-order valence-electron chi connectivity index (χ1n) is 5.08. The Kier molecular flexibility index (Phi) is 1.78. The van der Waals surface area contributed by atoms with Crippen molar-refractivity contribution < 1.29 is 8.83 Å². The fourth-order valence-corrected chi connectivity index (χ4v) is 1.94. The number of nitrogen functional groups attached to an aromatic ring is 4. The van der Waals surface area contributed by atoms with Crippen LogP contribution in [0.3, 0.4) is 0 Å². The van der Waals surface area contributed by atoms with Crippen LogP contribution in [0.25, 0.3) is 21.9 Å². The molecular formula is C11H10N4O3. The maximum atomic E-state index is 11.3. The molecular weight excluding hydrogens is 236 g/mol. The average molecular weight is 246 g/mol. The van der Waals surface area contributed by atoms with Gasteiger partial charge in [-0.25, -0.2) is 4.79 Å². The lowest BCUT2D eigenvalue weighted by molar-refractivity contribution is 0.562. The second kappa shape index (κ2) is 3.10. The van der Waals surface area contributed by atoms with E-state index < -0.39 is 5.63 Å². The fraction of sp³-hybridized carbons (Fsp3) is 0. The first kappa shape index (κ1) is 10.3. The molecule has 92 valence electrons. The van der Waals surface area contributed by atoms with Crippen LogP contribution >= 0.6 is 0 Å². The molecule has 0 atom stereocenters. The molecule has 2 heterocycles. The van der Waals surface area contributed by atoms with Crippen molar-refractivity contribution in [2.75, 3.05) is 22.9 Å². The molecule has 1 aromatic carbocycles. The summed E-state index contributed by atoms with van der Waals surface area (Å²) in [4.78, 5) is 11.3. The molecule has 18 heavy (non-hydrogen) atoms. The zero-order chi connectivity index (χ0) is 13.0. The van der Waals surface area contributed by atoms with Gasteiger partial charge in [-0.3, -0.25) is 0 Å². The topological polar surface area (TPSA) is 147 Å². The summed E-state index contributed by atoms with van der Waals surface area (Å²) >= 11 is 0. The lowest BCUT2D eigenvalue weighted by atomic mass is 10.1. The quantitative estimate of drug-likeness (QED) is 0.339. The van der Waals surface area contributed by atoms with Crippen LogP contribution in [-0.4, -0.2) is 0 Å². The lowest BCUT2D eigenvalue weighted by Gasteiger charge is -2.03. The Morgan fingerprint density at radius 3 is 2.22 bits per heavy atom. The molecule has 0 aliphatic heterocycles. The van der Waals surface area contributed by atoms with Crippen LogP contribution < -0.4 is 28.6 Å². The van der Waals surface area contributed by atoms with Gasteiger partial charge in [-0.05, 0) is 6.07 Å². The molecule has 7 heteroatoms. The van der Waals surface area contributed by atoms with Gasteiger partial charge in [0, 0.05) is 22.5 Å². The lowest BCUT2D eigenvalue weighted by Crippen LogP contribution is -2.02. The van der Waals surface area contributed by atoms with Gasteiger partial charge in [0.15, 0.2) is 11.2 Å². The molecule has 0 amide bonds. The third-order valence-corrected chi connectivity index (χ3v) is 2.82. The molecule has 0 saturated heterocycles. The summed E-state index contributed by atoms with van der Waals surface area (Å²) in [5, 5.41) is 1.03. The fourth-order valence-electron chi connectivity index (χ4n) is 1.94. The van der Waals surface area contributed by atoms with Crippen molar-refractivity contribution in [1.29, 1.82) is 0 Å². The molecule has 0 aliphatic carbocycles. The van der Waals surface area contributed by atoms with E-state index in [-0.39, 0.29) is 34.1 Å². The normalized spacial score (nSPS) is 11.3. The average Bonchev–Trinajstić information content (AvgIpc) is 2.59. The number of fused-ring (bicyclic) bond motifs is 2. The summed E-state index contributed by atoms with van der Waals surface area (Å²) in [6.07, 6.45) is 0. The summed E-state index contributed by atoms with van der Waals surface area (Å²) in [5.41, 5.74) is 23.5. The van der Waals surface area contributed by atoms with Gasteiger partial charge >= 0.3 is 5.63 Å². The molecule has 0 spiro atoms. The highest BCUT2D eigenvalue weighted by molar-refractivity contribution is 6.13. The Morgan fingerprint density at radius 1 is 0.833 bits per heavy atom. The van der Waals surface area contributed by atoms with E-state index in [1.165, 1.54) is 6.07 Å². The van der Waals surface area contributed by atoms with Crippen molar-refractivity contribution in [2.24, 2.45) is 0 Å². The Labute approximate surface area is 99.9 Å². The van der Waals surface area contributed by atoms with Crippen LogP contribution in [0.5, 0.6) is 0 Å². The van der Waals surface area contributed by atoms with Gasteiger partial charge in [0.05, 0.1) is 0 Å². The third-order valence-electron chi connectivity index (χ3n) is 2.82. The smallest absolute Gasteiger partial charge is 0.338 e. The second-order valence-corrected chi connectivity index (χ2v) is 3.94. The largest absolute Gasteiger partial charge is 0.436 e. The Hall–Kier alpha value is -2.83. The van der Waals surface area contributed by atoms with Crippen LogP contribution in [0.15, 0.2) is 25.8 Å². The molecule has 0 unspecified atom stereocenters. The highest BCUT2D eigenvalue weighted by Crippen LogP contribution is 2.39. The number of furan rings is 1. The van der Waals surface area contributed by atoms with Crippen LogP contribution in [0.4, 0.5) is 22.9 Å². The minimum atomic E-state index is -0.585. The molecule has 0 fully saturated rings. The van der Waals surface area contributed by atoms with Crippen molar-refractivity contribution in [2.45, 2.75) is 0 Å². The standard InChI is InChI=1S/C11H10N4O3/c12-5-2-6(16)17-9-3(5)1-4-7(13)11(15)18-10(4)8(9)14/h1-2H,12-15H2. The third kappa shape index (κ3) is 1.15. The van der Waals surface area contributed by atoms with Crippen LogP contribution in [-0.2, 0) is 0 Å². The highest BCUT2D eigenvalue weighted by atomic mass is 16.4. The molecule has 0 aliphatic rings. The van der Waals surface area contributed by atoms with Crippen molar-refractivity contribution in [3.8, 4) is 0 Å².